The summed E-state index contributed by atoms with van der Waals surface area (Å²) in [5, 5.41) is 8.26. The molecule has 3 nitrogen and oxygen atoms in total. The first-order chi connectivity index (χ1) is 8.61. The quantitative estimate of drug-likeness (QED) is 0.748. The van der Waals surface area contributed by atoms with Gasteiger partial charge in [0.25, 0.3) is 0 Å². The van der Waals surface area contributed by atoms with Gasteiger partial charge in [0.05, 0.1) is 0 Å². The van der Waals surface area contributed by atoms with Crippen LogP contribution in [0.25, 0.3) is 0 Å². The first kappa shape index (κ1) is 12.9. The minimum absolute atomic E-state index is 0.601. The van der Waals surface area contributed by atoms with E-state index in [4.69, 9.17) is 6.42 Å². The molecule has 96 valence electrons. The third kappa shape index (κ3) is 2.64. The topological polar surface area (TPSA) is 29.0 Å². The van der Waals surface area contributed by atoms with Gasteiger partial charge in [0.2, 0.25) is 0 Å². The van der Waals surface area contributed by atoms with E-state index in [9.17, 15) is 0 Å². The van der Waals surface area contributed by atoms with E-state index in [1.54, 1.807) is 0 Å². The second kappa shape index (κ2) is 5.39. The lowest BCUT2D eigenvalue weighted by Gasteiger charge is -2.39. The second-order valence-electron chi connectivity index (χ2n) is 5.54. The first-order valence-corrected chi connectivity index (χ1v) is 6.67. The summed E-state index contributed by atoms with van der Waals surface area (Å²) in [6.07, 6.45) is 6.52. The molecule has 1 aliphatic rings. The van der Waals surface area contributed by atoms with Crippen LogP contribution in [0.1, 0.15) is 32.9 Å². The van der Waals surface area contributed by atoms with E-state index in [-0.39, 0.29) is 0 Å². The highest BCUT2D eigenvalue weighted by atomic mass is 15.3. The molecule has 0 spiro atoms. The molecule has 2 rings (SSSR count). The molecule has 0 aromatic carbocycles. The number of anilines is 1. The number of aromatic nitrogens is 2. The monoisotopic (exact) mass is 243 g/mol. The Kier molecular flexibility index (Phi) is 3.86. The lowest BCUT2D eigenvalue weighted by atomic mass is 9.79. The molecule has 1 aromatic rings. The normalized spacial score (nSPS) is 24.1. The Morgan fingerprint density at radius 1 is 1.39 bits per heavy atom. The van der Waals surface area contributed by atoms with Crippen molar-refractivity contribution in [2.45, 2.75) is 27.2 Å². The van der Waals surface area contributed by atoms with Gasteiger partial charge in [-0.15, -0.1) is 16.6 Å². The van der Waals surface area contributed by atoms with Crippen molar-refractivity contribution in [1.82, 2.24) is 10.2 Å². The minimum Gasteiger partial charge on any atom is -0.355 e. The van der Waals surface area contributed by atoms with E-state index in [1.807, 2.05) is 12.1 Å². The molecule has 1 aromatic heterocycles. The standard InChI is InChI=1S/C15H21N3/c1-5-13-6-7-15(17-16-13)18-9-8-12(4)14(10-18)11(2)3/h1,6-7,11-12,14H,8-10H2,2-4H3. The fourth-order valence-electron chi connectivity index (χ4n) is 2.75. The van der Waals surface area contributed by atoms with Gasteiger partial charge in [-0.1, -0.05) is 20.8 Å². The smallest absolute Gasteiger partial charge is 0.151 e. The summed E-state index contributed by atoms with van der Waals surface area (Å²) >= 11 is 0. The SMILES string of the molecule is C#Cc1ccc(N2CCC(C)C(C(C)C)C2)nn1. The maximum atomic E-state index is 5.29. The van der Waals surface area contributed by atoms with Crippen molar-refractivity contribution < 1.29 is 0 Å². The van der Waals surface area contributed by atoms with Crippen LogP contribution in [0.5, 0.6) is 0 Å². The van der Waals surface area contributed by atoms with Gasteiger partial charge in [-0.2, -0.15) is 0 Å². The zero-order valence-electron chi connectivity index (χ0n) is 11.4. The Balaban J connectivity index is 2.11. The molecule has 0 saturated carbocycles. The highest BCUT2D eigenvalue weighted by Crippen LogP contribution is 2.30. The van der Waals surface area contributed by atoms with Crippen molar-refractivity contribution in [3.05, 3.63) is 17.8 Å². The Morgan fingerprint density at radius 2 is 2.17 bits per heavy atom. The number of piperidine rings is 1. The average molecular weight is 243 g/mol. The van der Waals surface area contributed by atoms with Gasteiger partial charge in [-0.3, -0.25) is 0 Å². The van der Waals surface area contributed by atoms with Gasteiger partial charge in [0, 0.05) is 13.1 Å². The molecule has 2 unspecified atom stereocenters. The summed E-state index contributed by atoms with van der Waals surface area (Å²) in [5.74, 6) is 5.68. The highest BCUT2D eigenvalue weighted by Gasteiger charge is 2.28. The predicted octanol–water partition coefficient (Wildman–Crippen LogP) is 2.58. The summed E-state index contributed by atoms with van der Waals surface area (Å²) in [4.78, 5) is 2.33. The van der Waals surface area contributed by atoms with E-state index in [0.717, 1.165) is 30.7 Å². The number of terminal acetylenes is 1. The maximum absolute atomic E-state index is 5.29. The van der Waals surface area contributed by atoms with Crippen LogP contribution in [0.3, 0.4) is 0 Å². The Morgan fingerprint density at radius 3 is 2.72 bits per heavy atom. The lowest BCUT2D eigenvalue weighted by Crippen LogP contribution is -2.42. The van der Waals surface area contributed by atoms with Gasteiger partial charge in [-0.05, 0) is 42.2 Å². The van der Waals surface area contributed by atoms with Crippen LogP contribution in [-0.4, -0.2) is 23.3 Å². The summed E-state index contributed by atoms with van der Waals surface area (Å²) in [7, 11) is 0. The minimum atomic E-state index is 0.601. The molecule has 2 heterocycles. The molecule has 0 radical (unpaired) electrons. The number of hydrogen-bond donors (Lipinski definition) is 0. The third-order valence-electron chi connectivity index (χ3n) is 4.00. The van der Waals surface area contributed by atoms with Gasteiger partial charge in [-0.25, -0.2) is 0 Å². The molecule has 0 bridgehead atoms. The van der Waals surface area contributed by atoms with Crippen molar-refractivity contribution in [2.75, 3.05) is 18.0 Å². The van der Waals surface area contributed by atoms with E-state index >= 15 is 0 Å². The van der Waals surface area contributed by atoms with E-state index in [0.29, 0.717) is 11.6 Å². The van der Waals surface area contributed by atoms with Crippen molar-refractivity contribution >= 4 is 5.82 Å². The van der Waals surface area contributed by atoms with Gasteiger partial charge in [0.15, 0.2) is 5.82 Å². The van der Waals surface area contributed by atoms with Crippen LogP contribution in [-0.2, 0) is 0 Å². The van der Waals surface area contributed by atoms with Crippen LogP contribution in [0, 0.1) is 30.1 Å². The fraction of sp³-hybridized carbons (Fsp3) is 0.600. The second-order valence-corrected chi connectivity index (χ2v) is 5.54. The highest BCUT2D eigenvalue weighted by molar-refractivity contribution is 5.40. The van der Waals surface area contributed by atoms with Crippen LogP contribution < -0.4 is 4.90 Å². The zero-order chi connectivity index (χ0) is 13.1. The molecule has 18 heavy (non-hydrogen) atoms. The number of nitrogens with zero attached hydrogens (tertiary/aromatic N) is 3. The van der Waals surface area contributed by atoms with Gasteiger partial charge in [0.1, 0.15) is 5.69 Å². The summed E-state index contributed by atoms with van der Waals surface area (Å²) in [6, 6.07) is 3.85. The Labute approximate surface area is 110 Å². The molecule has 3 heteroatoms. The molecule has 1 aliphatic heterocycles. The van der Waals surface area contributed by atoms with Crippen LogP contribution in [0.2, 0.25) is 0 Å². The molecular weight excluding hydrogens is 222 g/mol. The Bertz CT molecular complexity index is 430. The van der Waals surface area contributed by atoms with Crippen LogP contribution >= 0.6 is 0 Å². The first-order valence-electron chi connectivity index (χ1n) is 6.67. The van der Waals surface area contributed by atoms with Gasteiger partial charge < -0.3 is 4.90 Å². The molecule has 0 amide bonds. The molecule has 1 saturated heterocycles. The largest absolute Gasteiger partial charge is 0.355 e. The maximum Gasteiger partial charge on any atom is 0.151 e. The lowest BCUT2D eigenvalue weighted by molar-refractivity contribution is 0.232. The number of hydrogen-bond acceptors (Lipinski definition) is 3. The van der Waals surface area contributed by atoms with Crippen LogP contribution in [0.15, 0.2) is 12.1 Å². The molecule has 0 N–H and O–H groups in total. The van der Waals surface area contributed by atoms with Gasteiger partial charge >= 0.3 is 0 Å². The molecule has 0 aliphatic carbocycles. The van der Waals surface area contributed by atoms with Crippen molar-refractivity contribution in [1.29, 1.82) is 0 Å². The molecule has 1 fully saturated rings. The average Bonchev–Trinajstić information content (AvgIpc) is 2.39. The van der Waals surface area contributed by atoms with E-state index in [2.05, 4.69) is 41.8 Å². The summed E-state index contributed by atoms with van der Waals surface area (Å²) < 4.78 is 0. The van der Waals surface area contributed by atoms with Crippen molar-refractivity contribution in [3.8, 4) is 12.3 Å². The zero-order valence-corrected chi connectivity index (χ0v) is 11.4. The van der Waals surface area contributed by atoms with E-state index < -0.39 is 0 Å². The summed E-state index contributed by atoms with van der Waals surface area (Å²) in [5.41, 5.74) is 0.601. The van der Waals surface area contributed by atoms with E-state index in [1.165, 1.54) is 6.42 Å². The van der Waals surface area contributed by atoms with Crippen molar-refractivity contribution in [3.63, 3.8) is 0 Å². The third-order valence-corrected chi connectivity index (χ3v) is 4.00. The number of rotatable bonds is 2. The fourth-order valence-corrected chi connectivity index (χ4v) is 2.75. The Hall–Kier alpha value is -1.56. The summed E-state index contributed by atoms with van der Waals surface area (Å²) in [6.45, 7) is 9.10. The molecular formula is C15H21N3. The predicted molar refractivity (Wildman–Crippen MR) is 74.3 cm³/mol. The van der Waals surface area contributed by atoms with Crippen LogP contribution in [0.4, 0.5) is 5.82 Å². The van der Waals surface area contributed by atoms with Crippen molar-refractivity contribution in [2.24, 2.45) is 17.8 Å². The molecule has 2 atom stereocenters.